The van der Waals surface area contributed by atoms with Gasteiger partial charge in [-0.2, -0.15) is 0 Å². The van der Waals surface area contributed by atoms with Crippen molar-refractivity contribution in [3.8, 4) is 0 Å². The number of nitrogens with one attached hydrogen (secondary N) is 1. The SMILES string of the molecule is CCNCC(C)CCCN. The summed E-state index contributed by atoms with van der Waals surface area (Å²) in [7, 11) is 0. The Morgan fingerprint density at radius 2 is 2.20 bits per heavy atom. The van der Waals surface area contributed by atoms with E-state index in [9.17, 15) is 0 Å². The third-order valence-corrected chi connectivity index (χ3v) is 1.64. The van der Waals surface area contributed by atoms with Crippen molar-refractivity contribution in [3.05, 3.63) is 0 Å². The van der Waals surface area contributed by atoms with Crippen molar-refractivity contribution in [2.24, 2.45) is 11.7 Å². The quantitative estimate of drug-likeness (QED) is 0.583. The van der Waals surface area contributed by atoms with E-state index in [1.54, 1.807) is 0 Å². The summed E-state index contributed by atoms with van der Waals surface area (Å²) in [5.41, 5.74) is 5.39. The Labute approximate surface area is 64.2 Å². The summed E-state index contributed by atoms with van der Waals surface area (Å²) in [5.74, 6) is 0.781. The third kappa shape index (κ3) is 6.05. The first-order chi connectivity index (χ1) is 4.81. The lowest BCUT2D eigenvalue weighted by molar-refractivity contribution is 0.477. The largest absolute Gasteiger partial charge is 0.330 e. The minimum atomic E-state index is 0.781. The minimum Gasteiger partial charge on any atom is -0.330 e. The van der Waals surface area contributed by atoms with Gasteiger partial charge in [-0.05, 0) is 38.4 Å². The molecule has 0 aliphatic heterocycles. The van der Waals surface area contributed by atoms with E-state index in [0.717, 1.165) is 32.0 Å². The molecule has 2 heteroatoms. The van der Waals surface area contributed by atoms with Gasteiger partial charge in [0.15, 0.2) is 0 Å². The smallest absolute Gasteiger partial charge is 0.00233 e. The number of nitrogens with two attached hydrogens (primary N) is 1. The van der Waals surface area contributed by atoms with Gasteiger partial charge in [0, 0.05) is 0 Å². The lowest BCUT2D eigenvalue weighted by Crippen LogP contribution is -2.21. The Morgan fingerprint density at radius 3 is 2.70 bits per heavy atom. The van der Waals surface area contributed by atoms with Crippen LogP contribution in [0, 0.1) is 5.92 Å². The molecule has 0 spiro atoms. The van der Waals surface area contributed by atoms with Crippen LogP contribution in [0.1, 0.15) is 26.7 Å². The van der Waals surface area contributed by atoms with E-state index in [1.807, 2.05) is 0 Å². The normalized spacial score (nSPS) is 13.5. The second-order valence-electron chi connectivity index (χ2n) is 2.84. The molecular weight excluding hydrogens is 124 g/mol. The first-order valence-corrected chi connectivity index (χ1v) is 4.22. The van der Waals surface area contributed by atoms with Gasteiger partial charge in [0.05, 0.1) is 0 Å². The van der Waals surface area contributed by atoms with E-state index in [2.05, 4.69) is 19.2 Å². The highest BCUT2D eigenvalue weighted by molar-refractivity contribution is 4.56. The van der Waals surface area contributed by atoms with Gasteiger partial charge in [-0.25, -0.2) is 0 Å². The highest BCUT2D eigenvalue weighted by Crippen LogP contribution is 2.01. The summed E-state index contributed by atoms with van der Waals surface area (Å²) in [4.78, 5) is 0. The summed E-state index contributed by atoms with van der Waals surface area (Å²) >= 11 is 0. The van der Waals surface area contributed by atoms with E-state index in [0.29, 0.717) is 0 Å². The van der Waals surface area contributed by atoms with Gasteiger partial charge in [-0.15, -0.1) is 0 Å². The Bertz CT molecular complexity index is 56.3. The van der Waals surface area contributed by atoms with Crippen molar-refractivity contribution in [2.75, 3.05) is 19.6 Å². The number of hydrogen-bond acceptors (Lipinski definition) is 2. The van der Waals surface area contributed by atoms with Gasteiger partial charge < -0.3 is 11.1 Å². The van der Waals surface area contributed by atoms with Crippen LogP contribution in [0.25, 0.3) is 0 Å². The molecule has 62 valence electrons. The molecule has 0 aromatic heterocycles. The predicted octanol–water partition coefficient (Wildman–Crippen LogP) is 0.971. The maximum absolute atomic E-state index is 5.39. The van der Waals surface area contributed by atoms with Crippen LogP contribution in [0.3, 0.4) is 0 Å². The Morgan fingerprint density at radius 1 is 1.50 bits per heavy atom. The van der Waals surface area contributed by atoms with Crippen molar-refractivity contribution >= 4 is 0 Å². The minimum absolute atomic E-state index is 0.781. The highest BCUT2D eigenvalue weighted by atomic mass is 14.8. The first kappa shape index (κ1) is 9.92. The number of rotatable bonds is 6. The van der Waals surface area contributed by atoms with Crippen LogP contribution in [0.15, 0.2) is 0 Å². The van der Waals surface area contributed by atoms with Crippen LogP contribution in [-0.2, 0) is 0 Å². The lowest BCUT2D eigenvalue weighted by Gasteiger charge is -2.09. The lowest BCUT2D eigenvalue weighted by atomic mass is 10.1. The van der Waals surface area contributed by atoms with E-state index in [-0.39, 0.29) is 0 Å². The average molecular weight is 144 g/mol. The van der Waals surface area contributed by atoms with Gasteiger partial charge in [-0.1, -0.05) is 13.8 Å². The Hall–Kier alpha value is -0.0800. The fourth-order valence-corrected chi connectivity index (χ4v) is 0.959. The van der Waals surface area contributed by atoms with Crippen LogP contribution < -0.4 is 11.1 Å². The molecule has 3 N–H and O–H groups in total. The molecule has 0 saturated carbocycles. The molecule has 0 aliphatic carbocycles. The molecule has 1 unspecified atom stereocenters. The van der Waals surface area contributed by atoms with Crippen molar-refractivity contribution in [3.63, 3.8) is 0 Å². The molecule has 2 nitrogen and oxygen atoms in total. The molecule has 10 heavy (non-hydrogen) atoms. The summed E-state index contributed by atoms with van der Waals surface area (Å²) in [5, 5.41) is 3.32. The van der Waals surface area contributed by atoms with Gasteiger partial charge in [-0.3, -0.25) is 0 Å². The monoisotopic (exact) mass is 144 g/mol. The van der Waals surface area contributed by atoms with E-state index in [4.69, 9.17) is 5.73 Å². The van der Waals surface area contributed by atoms with E-state index >= 15 is 0 Å². The van der Waals surface area contributed by atoms with E-state index in [1.165, 1.54) is 6.42 Å². The molecule has 0 aliphatic rings. The zero-order valence-corrected chi connectivity index (χ0v) is 7.19. The van der Waals surface area contributed by atoms with Crippen molar-refractivity contribution in [1.29, 1.82) is 0 Å². The summed E-state index contributed by atoms with van der Waals surface area (Å²) in [6, 6.07) is 0. The first-order valence-electron chi connectivity index (χ1n) is 4.22. The fourth-order valence-electron chi connectivity index (χ4n) is 0.959. The molecule has 0 heterocycles. The van der Waals surface area contributed by atoms with Crippen molar-refractivity contribution in [1.82, 2.24) is 5.32 Å². The zero-order chi connectivity index (χ0) is 7.82. The average Bonchev–Trinajstić information content (AvgIpc) is 1.97. The predicted molar refractivity (Wildman–Crippen MR) is 46.0 cm³/mol. The molecule has 0 radical (unpaired) electrons. The standard InChI is InChI=1S/C8H20N2/c1-3-10-7-8(2)5-4-6-9/h8,10H,3-7,9H2,1-2H3. The molecule has 0 saturated heterocycles. The Balaban J connectivity index is 3.00. The van der Waals surface area contributed by atoms with Gasteiger partial charge in [0.1, 0.15) is 0 Å². The summed E-state index contributed by atoms with van der Waals surface area (Å²) < 4.78 is 0. The molecule has 0 bridgehead atoms. The van der Waals surface area contributed by atoms with Gasteiger partial charge in [0.25, 0.3) is 0 Å². The Kier molecular flexibility index (Phi) is 6.98. The molecule has 0 aromatic carbocycles. The molecule has 0 rings (SSSR count). The van der Waals surface area contributed by atoms with Gasteiger partial charge >= 0.3 is 0 Å². The summed E-state index contributed by atoms with van der Waals surface area (Å²) in [6.45, 7) is 7.44. The van der Waals surface area contributed by atoms with Gasteiger partial charge in [0.2, 0.25) is 0 Å². The maximum atomic E-state index is 5.39. The van der Waals surface area contributed by atoms with Crippen molar-refractivity contribution in [2.45, 2.75) is 26.7 Å². The topological polar surface area (TPSA) is 38.0 Å². The van der Waals surface area contributed by atoms with Crippen LogP contribution in [0.4, 0.5) is 0 Å². The maximum Gasteiger partial charge on any atom is -0.00233 e. The van der Waals surface area contributed by atoms with Crippen molar-refractivity contribution < 1.29 is 0 Å². The summed E-state index contributed by atoms with van der Waals surface area (Å²) in [6.07, 6.45) is 2.41. The fraction of sp³-hybridized carbons (Fsp3) is 1.00. The molecule has 0 aromatic rings. The van der Waals surface area contributed by atoms with Crippen LogP contribution in [-0.4, -0.2) is 19.6 Å². The van der Waals surface area contributed by atoms with Crippen LogP contribution >= 0.6 is 0 Å². The van der Waals surface area contributed by atoms with E-state index < -0.39 is 0 Å². The second kappa shape index (κ2) is 7.03. The molecule has 0 fully saturated rings. The highest BCUT2D eigenvalue weighted by Gasteiger charge is 1.98. The van der Waals surface area contributed by atoms with Crippen LogP contribution in [0.5, 0.6) is 0 Å². The second-order valence-corrected chi connectivity index (χ2v) is 2.84. The molecular formula is C8H20N2. The van der Waals surface area contributed by atoms with Crippen LogP contribution in [0.2, 0.25) is 0 Å². The number of hydrogen-bond donors (Lipinski definition) is 2. The zero-order valence-electron chi connectivity index (χ0n) is 7.19. The molecule has 0 amide bonds. The third-order valence-electron chi connectivity index (χ3n) is 1.64. The molecule has 1 atom stereocenters.